The molecule has 3 aromatic rings. The second-order valence-corrected chi connectivity index (χ2v) is 8.48. The van der Waals surface area contributed by atoms with Crippen LogP contribution in [0.25, 0.3) is 4.91 Å². The number of methoxy groups -OCH3 is 1. The maximum absolute atomic E-state index is 12.8. The van der Waals surface area contributed by atoms with Gasteiger partial charge >= 0.3 is 6.09 Å². The molecule has 2 amide bonds. The van der Waals surface area contributed by atoms with E-state index in [0.717, 1.165) is 21.8 Å². The average Bonchev–Trinajstić information content (AvgIpc) is 2.89. The monoisotopic (exact) mass is 473 g/mol. The maximum atomic E-state index is 12.8. The summed E-state index contributed by atoms with van der Waals surface area (Å²) in [6, 6.07) is 15.6. The summed E-state index contributed by atoms with van der Waals surface area (Å²) >= 11 is 1.69. The highest BCUT2D eigenvalue weighted by Crippen LogP contribution is 2.34. The third-order valence-electron chi connectivity index (χ3n) is 5.16. The number of nitrogens with zero attached hydrogens (tertiary/aromatic N) is 2. The third kappa shape index (κ3) is 5.47. The topological polar surface area (TPSA) is 91.8 Å². The van der Waals surface area contributed by atoms with E-state index in [9.17, 15) is 14.7 Å². The molecule has 0 spiro atoms. The fourth-order valence-electron chi connectivity index (χ4n) is 3.39. The standard InChI is InChI=1S/C26H23N3O4S/c1-33-26(32)29(21-5-4-13-27-16-21)17-18-7-9-19(10-8-18)25(31)28-22-15-20(11-12-23(22)30)24-6-2-3-14-34-24/h2-13,15-16,30H,14,17H2,1H3,(H,28,31). The van der Waals surface area contributed by atoms with E-state index in [1.54, 1.807) is 72.7 Å². The molecule has 0 saturated heterocycles. The third-order valence-corrected chi connectivity index (χ3v) is 6.20. The smallest absolute Gasteiger partial charge is 0.414 e. The number of aromatic hydroxyl groups is 1. The minimum absolute atomic E-state index is 0.00383. The molecule has 0 fully saturated rings. The summed E-state index contributed by atoms with van der Waals surface area (Å²) in [6.07, 6.45) is 8.77. The SMILES string of the molecule is COC(=O)N(Cc1ccc(C(=O)Nc2cc(C3=CC=CCS3)ccc2O)cc1)c1cccnc1. The summed E-state index contributed by atoms with van der Waals surface area (Å²) < 4.78 is 4.89. The molecule has 0 atom stereocenters. The van der Waals surface area contributed by atoms with E-state index in [1.165, 1.54) is 12.0 Å². The zero-order chi connectivity index (χ0) is 23.9. The molecule has 1 aromatic heterocycles. The summed E-state index contributed by atoms with van der Waals surface area (Å²) in [5.74, 6) is 0.534. The van der Waals surface area contributed by atoms with Gasteiger partial charge in [0.25, 0.3) is 5.91 Å². The van der Waals surface area contributed by atoms with Crippen molar-refractivity contribution in [3.8, 4) is 5.75 Å². The fourth-order valence-corrected chi connectivity index (χ4v) is 4.24. The zero-order valence-corrected chi connectivity index (χ0v) is 19.3. The van der Waals surface area contributed by atoms with Crippen LogP contribution in [0.15, 0.2) is 85.2 Å². The summed E-state index contributed by atoms with van der Waals surface area (Å²) in [6.45, 7) is 0.254. The summed E-state index contributed by atoms with van der Waals surface area (Å²) in [5.41, 5.74) is 3.11. The number of hydrogen-bond donors (Lipinski definition) is 2. The van der Waals surface area contributed by atoms with E-state index in [-0.39, 0.29) is 18.2 Å². The predicted molar refractivity (Wildman–Crippen MR) is 135 cm³/mol. The number of nitrogens with one attached hydrogen (secondary N) is 1. The van der Waals surface area contributed by atoms with Gasteiger partial charge in [0.1, 0.15) is 5.75 Å². The van der Waals surface area contributed by atoms with Crippen molar-refractivity contribution in [3.63, 3.8) is 0 Å². The molecular weight excluding hydrogens is 450 g/mol. The van der Waals surface area contributed by atoms with Crippen molar-refractivity contribution in [1.29, 1.82) is 0 Å². The number of thioether (sulfide) groups is 1. The molecule has 1 aliphatic heterocycles. The van der Waals surface area contributed by atoms with E-state index in [4.69, 9.17) is 4.74 Å². The minimum Gasteiger partial charge on any atom is -0.506 e. The van der Waals surface area contributed by atoms with Crippen LogP contribution in [0.3, 0.4) is 0 Å². The number of carbonyl (C=O) groups is 2. The van der Waals surface area contributed by atoms with Gasteiger partial charge in [-0.05, 0) is 53.6 Å². The van der Waals surface area contributed by atoms with E-state index in [0.29, 0.717) is 16.9 Å². The first kappa shape index (κ1) is 23.1. The average molecular weight is 474 g/mol. The molecular formula is C26H23N3O4S. The van der Waals surface area contributed by atoms with Gasteiger partial charge < -0.3 is 15.2 Å². The number of aromatic nitrogens is 1. The Bertz CT molecular complexity index is 1240. The number of phenols is 1. The first-order chi connectivity index (χ1) is 16.5. The molecule has 172 valence electrons. The molecule has 7 nitrogen and oxygen atoms in total. The Morgan fingerprint density at radius 1 is 1.18 bits per heavy atom. The minimum atomic E-state index is -0.507. The van der Waals surface area contributed by atoms with E-state index >= 15 is 0 Å². The van der Waals surface area contributed by atoms with Crippen molar-refractivity contribution >= 4 is 40.0 Å². The van der Waals surface area contributed by atoms with Gasteiger partial charge in [-0.2, -0.15) is 0 Å². The first-order valence-electron chi connectivity index (χ1n) is 10.5. The van der Waals surface area contributed by atoms with Crippen LogP contribution in [0.1, 0.15) is 21.5 Å². The van der Waals surface area contributed by atoms with Crippen molar-refractivity contribution in [3.05, 3.63) is 102 Å². The number of carbonyl (C=O) groups excluding carboxylic acids is 2. The molecule has 34 heavy (non-hydrogen) atoms. The Labute approximate surface area is 201 Å². The highest BCUT2D eigenvalue weighted by atomic mass is 32.2. The molecule has 1 aliphatic rings. The molecule has 2 aromatic carbocycles. The maximum Gasteiger partial charge on any atom is 0.414 e. The largest absolute Gasteiger partial charge is 0.506 e. The Morgan fingerprint density at radius 3 is 2.68 bits per heavy atom. The van der Waals surface area contributed by atoms with E-state index in [1.807, 2.05) is 18.2 Å². The number of hydrogen-bond acceptors (Lipinski definition) is 6. The quantitative estimate of drug-likeness (QED) is 0.462. The van der Waals surface area contributed by atoms with Gasteiger partial charge in [-0.25, -0.2) is 4.79 Å². The molecule has 2 N–H and O–H groups in total. The number of pyridine rings is 1. The summed E-state index contributed by atoms with van der Waals surface area (Å²) in [7, 11) is 1.32. The Kier molecular flexibility index (Phi) is 7.29. The molecule has 8 heteroatoms. The molecule has 0 radical (unpaired) electrons. The van der Waals surface area contributed by atoms with E-state index in [2.05, 4.69) is 16.4 Å². The van der Waals surface area contributed by atoms with Crippen LogP contribution in [-0.4, -0.2) is 35.0 Å². The second-order valence-electron chi connectivity index (χ2n) is 7.42. The molecule has 0 unspecified atom stereocenters. The number of allylic oxidation sites excluding steroid dienone is 2. The molecule has 0 aliphatic carbocycles. The van der Waals surface area contributed by atoms with Gasteiger partial charge in [0, 0.05) is 22.4 Å². The number of phenolic OH excluding ortho intramolecular Hbond substituents is 1. The Balaban J connectivity index is 1.48. The van der Waals surface area contributed by atoms with Gasteiger partial charge in [-0.1, -0.05) is 30.4 Å². The highest BCUT2D eigenvalue weighted by Gasteiger charge is 2.17. The van der Waals surface area contributed by atoms with Crippen LogP contribution < -0.4 is 10.2 Å². The van der Waals surface area contributed by atoms with Gasteiger partial charge in [-0.3, -0.25) is 14.7 Å². The summed E-state index contributed by atoms with van der Waals surface area (Å²) in [5, 5.41) is 13.0. The number of anilines is 2. The number of rotatable bonds is 6. The lowest BCUT2D eigenvalue weighted by molar-refractivity contribution is 0.102. The van der Waals surface area contributed by atoms with Gasteiger partial charge in [0.15, 0.2) is 0 Å². The van der Waals surface area contributed by atoms with Crippen molar-refractivity contribution in [1.82, 2.24) is 4.98 Å². The van der Waals surface area contributed by atoms with Crippen LogP contribution in [0.4, 0.5) is 16.2 Å². The number of amides is 2. The molecule has 0 saturated carbocycles. The first-order valence-corrected chi connectivity index (χ1v) is 11.5. The van der Waals surface area contributed by atoms with Crippen molar-refractivity contribution in [2.45, 2.75) is 6.54 Å². The van der Waals surface area contributed by atoms with E-state index < -0.39 is 6.09 Å². The van der Waals surface area contributed by atoms with Gasteiger partial charge in [0.05, 0.1) is 31.2 Å². The Hall–Kier alpha value is -4.04. The van der Waals surface area contributed by atoms with Gasteiger partial charge in [-0.15, -0.1) is 11.8 Å². The van der Waals surface area contributed by atoms with Crippen molar-refractivity contribution in [2.24, 2.45) is 0 Å². The number of ether oxygens (including phenoxy) is 1. The highest BCUT2D eigenvalue weighted by molar-refractivity contribution is 8.08. The summed E-state index contributed by atoms with van der Waals surface area (Å²) in [4.78, 5) is 31.7. The zero-order valence-electron chi connectivity index (χ0n) is 18.5. The number of benzene rings is 2. The normalized spacial score (nSPS) is 12.6. The molecule has 2 heterocycles. The second kappa shape index (κ2) is 10.7. The van der Waals surface area contributed by atoms with Crippen molar-refractivity contribution < 1.29 is 19.4 Å². The fraction of sp³-hybridized carbons (Fsp3) is 0.115. The van der Waals surface area contributed by atoms with Crippen LogP contribution in [-0.2, 0) is 11.3 Å². The van der Waals surface area contributed by atoms with Crippen LogP contribution in [0.2, 0.25) is 0 Å². The lowest BCUT2D eigenvalue weighted by Gasteiger charge is -2.21. The van der Waals surface area contributed by atoms with Crippen molar-refractivity contribution in [2.75, 3.05) is 23.1 Å². The predicted octanol–water partition coefficient (Wildman–Crippen LogP) is 5.46. The van der Waals surface area contributed by atoms with Crippen LogP contribution in [0.5, 0.6) is 5.75 Å². The lowest BCUT2D eigenvalue weighted by atomic mass is 10.1. The Morgan fingerprint density at radius 2 is 2.00 bits per heavy atom. The lowest BCUT2D eigenvalue weighted by Crippen LogP contribution is -2.30. The molecule has 0 bridgehead atoms. The van der Waals surface area contributed by atoms with Gasteiger partial charge in [0.2, 0.25) is 0 Å². The van der Waals surface area contributed by atoms with Crippen LogP contribution >= 0.6 is 11.8 Å². The van der Waals surface area contributed by atoms with Crippen LogP contribution in [0, 0.1) is 0 Å². The molecule has 4 rings (SSSR count).